The van der Waals surface area contributed by atoms with E-state index in [9.17, 15) is 14.4 Å². The Morgan fingerprint density at radius 2 is 1.83 bits per heavy atom. The minimum Gasteiger partial charge on any atom is -0.493 e. The molecule has 2 amide bonds. The number of hydrogen-bond donors (Lipinski definition) is 2. The summed E-state index contributed by atoms with van der Waals surface area (Å²) in [4.78, 5) is 37.7. The van der Waals surface area contributed by atoms with Gasteiger partial charge in [0.25, 0.3) is 11.8 Å². The average Bonchev–Trinajstić information content (AvgIpc) is 2.70. The Hall–Kier alpha value is -3.24. The molecule has 0 atom stereocenters. The first-order valence-electron chi connectivity index (χ1n) is 8.43. The molecular weight excluding hydrogens is 476 g/mol. The number of aromatic carboxylic acids is 1. The van der Waals surface area contributed by atoms with Crippen molar-refractivity contribution < 1.29 is 29.0 Å². The van der Waals surface area contributed by atoms with Gasteiger partial charge in [0.05, 0.1) is 29.9 Å². The number of benzene rings is 2. The largest absolute Gasteiger partial charge is 0.493 e. The first-order chi connectivity index (χ1) is 14.3. The SMILES string of the molecule is COc1cc(/C=C2/C(=O)NC(=S)N(c3ccc(C(=O)O)cc3)C2=O)cc(Br)c1OC. The Bertz CT molecular complexity index is 1100. The van der Waals surface area contributed by atoms with E-state index in [1.807, 2.05) is 0 Å². The molecule has 2 N–H and O–H groups in total. The van der Waals surface area contributed by atoms with Crippen LogP contribution in [0.1, 0.15) is 15.9 Å². The van der Waals surface area contributed by atoms with Crippen LogP contribution < -0.4 is 19.7 Å². The Labute approximate surface area is 185 Å². The lowest BCUT2D eigenvalue weighted by molar-refractivity contribution is -0.122. The van der Waals surface area contributed by atoms with Crippen LogP contribution in [0.5, 0.6) is 11.5 Å². The molecule has 1 heterocycles. The van der Waals surface area contributed by atoms with E-state index in [0.717, 1.165) is 4.90 Å². The summed E-state index contributed by atoms with van der Waals surface area (Å²) in [6, 6.07) is 8.87. The van der Waals surface area contributed by atoms with E-state index in [2.05, 4.69) is 21.2 Å². The van der Waals surface area contributed by atoms with E-state index < -0.39 is 17.8 Å². The first-order valence-corrected chi connectivity index (χ1v) is 9.63. The molecule has 2 aromatic carbocycles. The smallest absolute Gasteiger partial charge is 0.335 e. The number of amides is 2. The summed E-state index contributed by atoms with van der Waals surface area (Å²) in [6.07, 6.45) is 1.41. The maximum atomic E-state index is 13.1. The molecule has 2 aromatic rings. The van der Waals surface area contributed by atoms with E-state index >= 15 is 0 Å². The molecule has 1 saturated heterocycles. The number of halogens is 1. The molecule has 30 heavy (non-hydrogen) atoms. The summed E-state index contributed by atoms with van der Waals surface area (Å²) in [5.41, 5.74) is 0.760. The summed E-state index contributed by atoms with van der Waals surface area (Å²) >= 11 is 8.52. The average molecular weight is 491 g/mol. The van der Waals surface area contributed by atoms with Gasteiger partial charge in [0.1, 0.15) is 5.57 Å². The van der Waals surface area contributed by atoms with Crippen molar-refractivity contribution in [2.75, 3.05) is 19.1 Å². The minimum absolute atomic E-state index is 0.0594. The second-order valence-corrected chi connectivity index (χ2v) is 7.29. The van der Waals surface area contributed by atoms with E-state index in [1.165, 1.54) is 44.6 Å². The fraction of sp³-hybridized carbons (Fsp3) is 0.100. The summed E-state index contributed by atoms with van der Waals surface area (Å²) in [7, 11) is 2.97. The monoisotopic (exact) mass is 490 g/mol. The Balaban J connectivity index is 2.02. The van der Waals surface area contributed by atoms with Crippen molar-refractivity contribution in [3.05, 3.63) is 57.6 Å². The van der Waals surface area contributed by atoms with Crippen molar-refractivity contribution in [2.24, 2.45) is 0 Å². The summed E-state index contributed by atoms with van der Waals surface area (Å²) in [5, 5.41) is 11.4. The van der Waals surface area contributed by atoms with Crippen LogP contribution >= 0.6 is 28.1 Å². The number of carbonyl (C=O) groups is 3. The highest BCUT2D eigenvalue weighted by Gasteiger charge is 2.34. The summed E-state index contributed by atoms with van der Waals surface area (Å²) < 4.78 is 11.1. The zero-order valence-corrected chi connectivity index (χ0v) is 18.2. The Kier molecular flexibility index (Phi) is 6.18. The second kappa shape index (κ2) is 8.64. The normalized spacial score (nSPS) is 15.2. The molecule has 154 valence electrons. The molecular formula is C20H15BrN2O6S. The molecule has 3 rings (SSSR count). The molecule has 0 aromatic heterocycles. The van der Waals surface area contributed by atoms with E-state index in [1.54, 1.807) is 12.1 Å². The quantitative estimate of drug-likeness (QED) is 0.377. The van der Waals surface area contributed by atoms with Gasteiger partial charge in [-0.25, -0.2) is 4.79 Å². The van der Waals surface area contributed by atoms with Crippen LogP contribution in [0.4, 0.5) is 5.69 Å². The lowest BCUT2D eigenvalue weighted by atomic mass is 10.1. The molecule has 0 spiro atoms. The lowest BCUT2D eigenvalue weighted by Gasteiger charge is -2.29. The topological polar surface area (TPSA) is 105 Å². The fourth-order valence-corrected chi connectivity index (χ4v) is 3.74. The molecule has 0 radical (unpaired) electrons. The highest BCUT2D eigenvalue weighted by Crippen LogP contribution is 2.37. The number of nitrogens with zero attached hydrogens (tertiary/aromatic N) is 1. The third-order valence-corrected chi connectivity index (χ3v) is 5.11. The molecule has 1 aliphatic rings. The standard InChI is InChI=1S/C20H15BrN2O6S/c1-28-15-9-10(8-14(21)16(15)29-2)7-13-17(24)22-20(30)23(18(13)25)12-5-3-11(4-6-12)19(26)27/h3-9H,1-2H3,(H,26,27)(H,22,24,30)/b13-7-. The molecule has 0 bridgehead atoms. The van der Waals surface area contributed by atoms with Gasteiger partial charge in [-0.1, -0.05) is 0 Å². The number of carboxylic acid groups (broad SMARTS) is 1. The van der Waals surface area contributed by atoms with Crippen molar-refractivity contribution in [3.8, 4) is 11.5 Å². The first kappa shape index (κ1) is 21.5. The summed E-state index contributed by atoms with van der Waals surface area (Å²) in [5.74, 6) is -1.49. The fourth-order valence-electron chi connectivity index (χ4n) is 2.83. The minimum atomic E-state index is -1.10. The molecule has 1 fully saturated rings. The zero-order valence-electron chi connectivity index (χ0n) is 15.8. The maximum Gasteiger partial charge on any atom is 0.335 e. The number of carbonyl (C=O) groups excluding carboxylic acids is 2. The zero-order chi connectivity index (χ0) is 22.0. The van der Waals surface area contributed by atoms with Crippen LogP contribution in [0.15, 0.2) is 46.4 Å². The lowest BCUT2D eigenvalue weighted by Crippen LogP contribution is -2.54. The summed E-state index contributed by atoms with van der Waals surface area (Å²) in [6.45, 7) is 0. The third-order valence-electron chi connectivity index (χ3n) is 4.24. The Morgan fingerprint density at radius 1 is 1.17 bits per heavy atom. The third kappa shape index (κ3) is 4.05. The van der Waals surface area contributed by atoms with Gasteiger partial charge < -0.3 is 14.6 Å². The van der Waals surface area contributed by atoms with Crippen LogP contribution in [0.3, 0.4) is 0 Å². The van der Waals surface area contributed by atoms with Gasteiger partial charge in [-0.15, -0.1) is 0 Å². The van der Waals surface area contributed by atoms with Crippen LogP contribution in [-0.4, -0.2) is 42.2 Å². The van der Waals surface area contributed by atoms with Crippen molar-refractivity contribution in [3.63, 3.8) is 0 Å². The number of anilines is 1. The van der Waals surface area contributed by atoms with Gasteiger partial charge in [-0.05, 0) is 76.2 Å². The van der Waals surface area contributed by atoms with Gasteiger partial charge in [0, 0.05) is 0 Å². The second-order valence-electron chi connectivity index (χ2n) is 6.05. The van der Waals surface area contributed by atoms with Gasteiger partial charge in [0.15, 0.2) is 16.6 Å². The number of thiocarbonyl (C=S) groups is 1. The maximum absolute atomic E-state index is 13.1. The van der Waals surface area contributed by atoms with Crippen molar-refractivity contribution in [2.45, 2.75) is 0 Å². The molecule has 8 nitrogen and oxygen atoms in total. The van der Waals surface area contributed by atoms with Crippen molar-refractivity contribution in [1.82, 2.24) is 5.32 Å². The van der Waals surface area contributed by atoms with Crippen molar-refractivity contribution in [1.29, 1.82) is 0 Å². The number of rotatable bonds is 5. The molecule has 0 aliphatic carbocycles. The molecule has 0 saturated carbocycles. The number of carboxylic acids is 1. The predicted molar refractivity (Wildman–Crippen MR) is 117 cm³/mol. The van der Waals surface area contributed by atoms with E-state index in [4.69, 9.17) is 26.8 Å². The number of methoxy groups -OCH3 is 2. The Morgan fingerprint density at radius 3 is 2.40 bits per heavy atom. The highest BCUT2D eigenvalue weighted by molar-refractivity contribution is 9.10. The van der Waals surface area contributed by atoms with Gasteiger partial charge in [-0.3, -0.25) is 19.8 Å². The predicted octanol–water partition coefficient (Wildman–Crippen LogP) is 3.00. The highest BCUT2D eigenvalue weighted by atomic mass is 79.9. The van der Waals surface area contributed by atoms with E-state index in [0.29, 0.717) is 27.2 Å². The van der Waals surface area contributed by atoms with Crippen LogP contribution in [-0.2, 0) is 9.59 Å². The van der Waals surface area contributed by atoms with Crippen molar-refractivity contribution >= 4 is 62.8 Å². The number of ether oxygens (including phenoxy) is 2. The molecule has 0 unspecified atom stereocenters. The van der Waals surface area contributed by atoms with Crippen LogP contribution in [0.25, 0.3) is 6.08 Å². The molecule has 10 heteroatoms. The van der Waals surface area contributed by atoms with Gasteiger partial charge in [-0.2, -0.15) is 0 Å². The van der Waals surface area contributed by atoms with Crippen LogP contribution in [0.2, 0.25) is 0 Å². The molecule has 1 aliphatic heterocycles. The number of nitrogens with one attached hydrogen (secondary N) is 1. The van der Waals surface area contributed by atoms with Crippen LogP contribution in [0, 0.1) is 0 Å². The van der Waals surface area contributed by atoms with Gasteiger partial charge in [0.2, 0.25) is 0 Å². The number of hydrogen-bond acceptors (Lipinski definition) is 6. The van der Waals surface area contributed by atoms with Gasteiger partial charge >= 0.3 is 5.97 Å². The van der Waals surface area contributed by atoms with E-state index in [-0.39, 0.29) is 16.2 Å².